The fourth-order valence-corrected chi connectivity index (χ4v) is 4.65. The van der Waals surface area contributed by atoms with Gasteiger partial charge in [-0.3, -0.25) is 0 Å². The molecule has 4 fully saturated rings. The fraction of sp³-hybridized carbons (Fsp3) is 0.923. The summed E-state index contributed by atoms with van der Waals surface area (Å²) in [7, 11) is -3.21. The molecule has 0 amide bonds. The zero-order chi connectivity index (χ0) is 29.1. The molecule has 212 valence electrons. The van der Waals surface area contributed by atoms with Gasteiger partial charge < -0.3 is 37.2 Å². The van der Waals surface area contributed by atoms with Crippen LogP contribution in [0.2, 0.25) is 0 Å². The smallest absolute Gasteiger partial charge is 0.400 e. The second-order valence-corrected chi connectivity index (χ2v) is 15.3. The Morgan fingerprint density at radius 3 is 0.474 bits per heavy atom. The molecule has 0 spiro atoms. The Morgan fingerprint density at radius 2 is 0.368 bits per heavy atom. The molecule has 0 saturated carbocycles. The van der Waals surface area contributed by atoms with Crippen LogP contribution in [0.4, 0.5) is 0 Å². The van der Waals surface area contributed by atoms with E-state index >= 15 is 0 Å². The quantitative estimate of drug-likeness (QED) is 0.479. The summed E-state index contributed by atoms with van der Waals surface area (Å²) < 4.78 is 53.0. The Balaban J connectivity index is 1.94. The maximum absolute atomic E-state index is 6.62. The molecule has 0 unspecified atom stereocenters. The van der Waals surface area contributed by atoms with Gasteiger partial charge in [-0.25, -0.2) is 0 Å². The Bertz CT molecular complexity index is 783. The zero-order valence-corrected chi connectivity index (χ0v) is 26.6. The Labute approximate surface area is 232 Å². The van der Waals surface area contributed by atoms with Gasteiger partial charge in [0.25, 0.3) is 0 Å². The lowest BCUT2D eigenvalue weighted by Gasteiger charge is -2.32. The third kappa shape index (κ3) is 4.69. The van der Waals surface area contributed by atoms with Gasteiger partial charge in [0.05, 0.1) is 44.8 Å². The molecule has 4 aliphatic rings. The van der Waals surface area contributed by atoms with Gasteiger partial charge in [0.15, 0.2) is 0 Å². The number of rotatable bonds is 4. The molecule has 38 heavy (non-hydrogen) atoms. The van der Waals surface area contributed by atoms with E-state index in [9.17, 15) is 0 Å². The van der Waals surface area contributed by atoms with Crippen molar-refractivity contribution in [2.24, 2.45) is 0 Å². The Morgan fingerprint density at radius 1 is 0.263 bits per heavy atom. The summed E-state index contributed by atoms with van der Waals surface area (Å²) in [5, 5.41) is 1.25. The molecule has 4 saturated heterocycles. The van der Waals surface area contributed by atoms with Crippen LogP contribution in [0.15, 0.2) is 10.7 Å². The van der Waals surface area contributed by atoms with Crippen molar-refractivity contribution in [2.45, 2.75) is 156 Å². The molecule has 0 aromatic carbocycles. The number of hydrogen-bond acceptors (Lipinski definition) is 8. The van der Waals surface area contributed by atoms with Gasteiger partial charge >= 0.3 is 28.5 Å². The molecule has 4 rings (SSSR count). The van der Waals surface area contributed by atoms with E-state index in [1.807, 2.05) is 111 Å². The first-order chi connectivity index (χ1) is 16.8. The highest BCUT2D eigenvalue weighted by Gasteiger charge is 2.66. The lowest BCUT2D eigenvalue weighted by molar-refractivity contribution is 0.00578. The largest absolute Gasteiger partial charge is 0.485 e. The van der Waals surface area contributed by atoms with Crippen molar-refractivity contribution in [3.8, 4) is 0 Å². The molecule has 0 aliphatic carbocycles. The van der Waals surface area contributed by atoms with E-state index in [2.05, 4.69) is 0 Å². The zero-order valence-electron chi connectivity index (χ0n) is 26.6. The van der Waals surface area contributed by atoms with Crippen molar-refractivity contribution >= 4 is 28.5 Å². The van der Waals surface area contributed by atoms with Crippen LogP contribution < -0.4 is 0 Å². The first-order valence-corrected chi connectivity index (χ1v) is 13.9. The van der Waals surface area contributed by atoms with Crippen molar-refractivity contribution in [1.29, 1.82) is 0 Å². The molecule has 4 heterocycles. The summed E-state index contributed by atoms with van der Waals surface area (Å²) in [6.45, 7) is 32.4. The molecule has 12 heteroatoms. The molecule has 0 N–H and O–H groups in total. The lowest BCUT2D eigenvalue weighted by atomic mass is 9.43. The third-order valence-electron chi connectivity index (χ3n) is 10.4. The summed E-state index contributed by atoms with van der Waals surface area (Å²) in [5.41, 5.74) is -4.75. The maximum Gasteiger partial charge on any atom is 0.485 e. The third-order valence-corrected chi connectivity index (χ3v) is 10.4. The van der Waals surface area contributed by atoms with Gasteiger partial charge in [0.1, 0.15) is 0 Å². The molecule has 4 aliphatic heterocycles. The summed E-state index contributed by atoms with van der Waals surface area (Å²) in [4.78, 5) is 0. The topological polar surface area (TPSA) is 73.8 Å². The monoisotopic (exact) mass is 532 g/mol. The van der Waals surface area contributed by atoms with Crippen LogP contribution in [-0.4, -0.2) is 73.3 Å². The van der Waals surface area contributed by atoms with Crippen LogP contribution >= 0.6 is 0 Å². The van der Waals surface area contributed by atoms with Crippen LogP contribution in [0.25, 0.3) is 0 Å². The highest BCUT2D eigenvalue weighted by atomic mass is 16.7. The van der Waals surface area contributed by atoms with E-state index in [0.717, 1.165) is 0 Å². The van der Waals surface area contributed by atoms with Gasteiger partial charge in [0.2, 0.25) is 0 Å². The van der Waals surface area contributed by atoms with Crippen molar-refractivity contribution in [3.63, 3.8) is 0 Å². The van der Waals surface area contributed by atoms with Crippen molar-refractivity contribution in [1.82, 2.24) is 0 Å². The summed E-state index contributed by atoms with van der Waals surface area (Å²) in [5.74, 6) is 0. The lowest BCUT2D eigenvalue weighted by Crippen LogP contribution is -2.45. The standard InChI is InChI=1S/C26H48B4O8/c1-19(2)20(3,4)32-27(31-19)17(28-33-21(5,6)22(7,8)34-28)18(29-35-23(9,10)24(11,12)36-29)30-37-25(13,14)26(15,16)38-30/h1-16H3. The van der Waals surface area contributed by atoms with Crippen molar-refractivity contribution in [2.75, 3.05) is 0 Å². The summed E-state index contributed by atoms with van der Waals surface area (Å²) in [6.07, 6.45) is 0. The molecule has 0 atom stereocenters. The minimum absolute atomic E-state index is 0.594. The number of hydrogen-bond donors (Lipinski definition) is 0. The van der Waals surface area contributed by atoms with Gasteiger partial charge in [-0.2, -0.15) is 0 Å². The predicted molar refractivity (Wildman–Crippen MR) is 151 cm³/mol. The highest BCUT2D eigenvalue weighted by Crippen LogP contribution is 2.48. The maximum atomic E-state index is 6.62. The van der Waals surface area contributed by atoms with E-state index in [4.69, 9.17) is 37.2 Å². The van der Waals surface area contributed by atoms with Gasteiger partial charge in [-0.1, -0.05) is 0 Å². The van der Waals surface area contributed by atoms with E-state index in [-0.39, 0.29) is 0 Å². The first-order valence-electron chi connectivity index (χ1n) is 13.9. The highest BCUT2D eigenvalue weighted by molar-refractivity contribution is 6.88. The SMILES string of the molecule is CC1(C)OB(C(B2OC(C)(C)C(C)(C)O2)=C(B2OC(C)(C)C(C)(C)O2)B2OC(C)(C)C(C)(C)O2)OC1(C)C. The molecular formula is C26H48B4O8. The Hall–Kier alpha value is -0.320. The van der Waals surface area contributed by atoms with Crippen molar-refractivity contribution < 1.29 is 37.2 Å². The van der Waals surface area contributed by atoms with Crippen LogP contribution in [0.5, 0.6) is 0 Å². The molecule has 0 bridgehead atoms. The van der Waals surface area contributed by atoms with E-state index in [1.165, 1.54) is 0 Å². The minimum atomic E-state index is -0.803. The molecule has 8 nitrogen and oxygen atoms in total. The van der Waals surface area contributed by atoms with Crippen LogP contribution in [0, 0.1) is 0 Å². The average molecular weight is 532 g/mol. The predicted octanol–water partition coefficient (Wildman–Crippen LogP) is 4.81. The molecule has 0 aromatic rings. The normalized spacial score (nSPS) is 31.3. The Kier molecular flexibility index (Phi) is 6.93. The van der Waals surface area contributed by atoms with Crippen LogP contribution in [-0.2, 0) is 37.2 Å². The van der Waals surface area contributed by atoms with Gasteiger partial charge in [-0.05, 0) is 122 Å². The second-order valence-electron chi connectivity index (χ2n) is 15.3. The molecule has 0 aromatic heterocycles. The van der Waals surface area contributed by atoms with E-state index < -0.39 is 73.3 Å². The summed E-state index contributed by atoms with van der Waals surface area (Å²) >= 11 is 0. The van der Waals surface area contributed by atoms with Crippen molar-refractivity contribution in [3.05, 3.63) is 10.7 Å². The van der Waals surface area contributed by atoms with Crippen LogP contribution in [0.3, 0.4) is 0 Å². The van der Waals surface area contributed by atoms with Gasteiger partial charge in [0, 0.05) is 0 Å². The molecular weight excluding hydrogens is 484 g/mol. The van der Waals surface area contributed by atoms with E-state index in [0.29, 0.717) is 10.7 Å². The minimum Gasteiger partial charge on any atom is -0.400 e. The van der Waals surface area contributed by atoms with E-state index in [1.54, 1.807) is 0 Å². The first kappa shape index (κ1) is 30.6. The fourth-order valence-electron chi connectivity index (χ4n) is 4.65. The van der Waals surface area contributed by atoms with Gasteiger partial charge in [-0.15, -0.1) is 0 Å². The average Bonchev–Trinajstić information content (AvgIpc) is 3.19. The van der Waals surface area contributed by atoms with Crippen LogP contribution in [0.1, 0.15) is 111 Å². The molecule has 0 radical (unpaired) electrons. The summed E-state index contributed by atoms with van der Waals surface area (Å²) in [6, 6.07) is 0. The second kappa shape index (κ2) is 8.60.